The molecule has 0 saturated heterocycles. The van der Waals surface area contributed by atoms with Gasteiger partial charge in [0.2, 0.25) is 0 Å². The Morgan fingerprint density at radius 2 is 1.85 bits per heavy atom. The van der Waals surface area contributed by atoms with Crippen LogP contribution in [-0.2, 0) is 14.3 Å². The van der Waals surface area contributed by atoms with E-state index in [2.05, 4.69) is 13.8 Å². The molecule has 2 saturated carbocycles. The van der Waals surface area contributed by atoms with Crippen molar-refractivity contribution in [2.24, 2.45) is 17.3 Å². The maximum Gasteiger partial charge on any atom is 0.315 e. The summed E-state index contributed by atoms with van der Waals surface area (Å²) in [6.07, 6.45) is 9.24. The van der Waals surface area contributed by atoms with Crippen LogP contribution in [0.3, 0.4) is 0 Å². The van der Waals surface area contributed by atoms with Crippen LogP contribution in [-0.4, -0.2) is 25.8 Å². The van der Waals surface area contributed by atoms with Crippen molar-refractivity contribution in [3.63, 3.8) is 0 Å². The lowest BCUT2D eigenvalue weighted by Crippen LogP contribution is -2.47. The van der Waals surface area contributed by atoms with E-state index in [1.807, 2.05) is 0 Å². The molecule has 0 N–H and O–H groups in total. The highest BCUT2D eigenvalue weighted by Crippen LogP contribution is 2.51. The summed E-state index contributed by atoms with van der Waals surface area (Å²) in [6, 6.07) is 0. The van der Waals surface area contributed by atoms with Gasteiger partial charge in [0, 0.05) is 7.11 Å². The number of hydrogen-bond acceptors (Lipinski definition) is 3. The Morgan fingerprint density at radius 3 is 2.45 bits per heavy atom. The number of ether oxygens (including phenoxy) is 2. The van der Waals surface area contributed by atoms with Gasteiger partial charge in [-0.05, 0) is 43.9 Å². The zero-order valence-corrected chi connectivity index (χ0v) is 13.3. The fourth-order valence-corrected chi connectivity index (χ4v) is 4.19. The predicted octanol–water partition coefficient (Wildman–Crippen LogP) is 3.95. The summed E-state index contributed by atoms with van der Waals surface area (Å²) in [5, 5.41) is 0. The molecule has 0 heterocycles. The molecule has 0 bridgehead atoms. The highest BCUT2D eigenvalue weighted by atomic mass is 16.5. The van der Waals surface area contributed by atoms with Crippen LogP contribution in [0.1, 0.15) is 65.2 Å². The summed E-state index contributed by atoms with van der Waals surface area (Å²) in [6.45, 7) is 4.70. The molecule has 0 spiro atoms. The van der Waals surface area contributed by atoms with Crippen molar-refractivity contribution in [2.45, 2.75) is 71.3 Å². The fourth-order valence-electron chi connectivity index (χ4n) is 4.19. The molecule has 0 aromatic carbocycles. The quantitative estimate of drug-likeness (QED) is 0.716. The summed E-state index contributed by atoms with van der Waals surface area (Å²) in [4.78, 5) is 12.8. The maximum absolute atomic E-state index is 12.8. The van der Waals surface area contributed by atoms with Crippen molar-refractivity contribution in [1.82, 2.24) is 0 Å². The molecule has 3 heteroatoms. The van der Waals surface area contributed by atoms with E-state index in [0.717, 1.165) is 32.1 Å². The molecular weight excluding hydrogens is 252 g/mol. The molecule has 3 nitrogen and oxygen atoms in total. The summed E-state index contributed by atoms with van der Waals surface area (Å²) < 4.78 is 11.4. The Bertz CT molecular complexity index is 320. The van der Waals surface area contributed by atoms with E-state index in [9.17, 15) is 4.79 Å². The molecule has 0 amide bonds. The molecule has 2 fully saturated rings. The van der Waals surface area contributed by atoms with Gasteiger partial charge < -0.3 is 9.47 Å². The van der Waals surface area contributed by atoms with Crippen LogP contribution in [0, 0.1) is 17.3 Å². The summed E-state index contributed by atoms with van der Waals surface area (Å²) in [7, 11) is 1.75. The molecule has 0 aliphatic heterocycles. The molecule has 2 unspecified atom stereocenters. The van der Waals surface area contributed by atoms with Gasteiger partial charge in [-0.2, -0.15) is 0 Å². The van der Waals surface area contributed by atoms with Crippen LogP contribution < -0.4 is 0 Å². The Labute approximate surface area is 123 Å². The lowest BCUT2D eigenvalue weighted by molar-refractivity contribution is -0.171. The highest BCUT2D eigenvalue weighted by molar-refractivity contribution is 5.78. The van der Waals surface area contributed by atoms with Gasteiger partial charge in [-0.3, -0.25) is 4.79 Å². The molecule has 0 radical (unpaired) electrons. The molecule has 2 atom stereocenters. The number of carbonyl (C=O) groups is 1. The first-order chi connectivity index (χ1) is 9.61. The van der Waals surface area contributed by atoms with Crippen molar-refractivity contribution >= 4 is 5.97 Å². The molecular formula is C17H30O3. The van der Waals surface area contributed by atoms with Gasteiger partial charge in [0.1, 0.15) is 0 Å². The number of rotatable bonds is 5. The van der Waals surface area contributed by atoms with Crippen molar-refractivity contribution in [2.75, 3.05) is 13.7 Å². The monoisotopic (exact) mass is 282 g/mol. The lowest BCUT2D eigenvalue weighted by Gasteiger charge is -2.41. The summed E-state index contributed by atoms with van der Waals surface area (Å²) in [5.74, 6) is 0.871. The van der Waals surface area contributed by atoms with E-state index in [0.29, 0.717) is 18.4 Å². The third-order valence-electron chi connectivity index (χ3n) is 5.18. The summed E-state index contributed by atoms with van der Waals surface area (Å²) in [5.41, 5.74) is -0.357. The van der Waals surface area contributed by atoms with E-state index < -0.39 is 0 Å². The minimum atomic E-state index is -0.357. The van der Waals surface area contributed by atoms with Gasteiger partial charge >= 0.3 is 5.97 Å². The third kappa shape index (κ3) is 3.03. The van der Waals surface area contributed by atoms with Gasteiger partial charge in [0.05, 0.1) is 18.1 Å². The minimum Gasteiger partial charge on any atom is -0.465 e. The topological polar surface area (TPSA) is 35.5 Å². The molecule has 2 aliphatic rings. The zero-order chi connectivity index (χ0) is 14.6. The molecule has 0 aromatic heterocycles. The second-order valence-corrected chi connectivity index (χ2v) is 6.98. The zero-order valence-electron chi connectivity index (χ0n) is 13.3. The lowest BCUT2D eigenvalue weighted by atomic mass is 9.66. The Kier molecular flexibility index (Phi) is 5.48. The van der Waals surface area contributed by atoms with Gasteiger partial charge in [0.15, 0.2) is 0 Å². The molecule has 0 aromatic rings. The van der Waals surface area contributed by atoms with E-state index in [4.69, 9.17) is 9.47 Å². The Morgan fingerprint density at radius 1 is 1.15 bits per heavy atom. The first kappa shape index (κ1) is 15.8. The summed E-state index contributed by atoms with van der Waals surface area (Å²) >= 11 is 0. The van der Waals surface area contributed by atoms with Crippen LogP contribution in [0.15, 0.2) is 0 Å². The first-order valence-corrected chi connectivity index (χ1v) is 8.31. The first-order valence-electron chi connectivity index (χ1n) is 8.31. The molecule has 2 aliphatic carbocycles. The number of hydrogen-bond donors (Lipinski definition) is 0. The van der Waals surface area contributed by atoms with E-state index in [1.165, 1.54) is 19.3 Å². The van der Waals surface area contributed by atoms with Crippen molar-refractivity contribution in [1.29, 1.82) is 0 Å². The van der Waals surface area contributed by atoms with Crippen LogP contribution in [0.4, 0.5) is 0 Å². The van der Waals surface area contributed by atoms with Gasteiger partial charge in [-0.1, -0.05) is 33.1 Å². The largest absolute Gasteiger partial charge is 0.465 e. The van der Waals surface area contributed by atoms with Crippen LogP contribution >= 0.6 is 0 Å². The Hall–Kier alpha value is -0.570. The van der Waals surface area contributed by atoms with Crippen LogP contribution in [0.5, 0.6) is 0 Å². The average molecular weight is 282 g/mol. The normalized spacial score (nSPS) is 31.7. The SMILES string of the molecule is COC1CCCC1(C(=O)OCC(C)C)C1CCCCC1. The smallest absolute Gasteiger partial charge is 0.315 e. The second-order valence-electron chi connectivity index (χ2n) is 6.98. The molecule has 116 valence electrons. The highest BCUT2D eigenvalue weighted by Gasteiger charge is 2.55. The number of carbonyl (C=O) groups excluding carboxylic acids is 1. The Balaban J connectivity index is 2.16. The van der Waals surface area contributed by atoms with Crippen LogP contribution in [0.2, 0.25) is 0 Å². The third-order valence-corrected chi connectivity index (χ3v) is 5.18. The van der Waals surface area contributed by atoms with E-state index in [-0.39, 0.29) is 17.5 Å². The standard InChI is InChI=1S/C17H30O3/c1-13(2)12-20-16(18)17(11-7-10-15(17)19-3)14-8-5-4-6-9-14/h13-15H,4-12H2,1-3H3. The number of esters is 1. The van der Waals surface area contributed by atoms with Gasteiger partial charge in [-0.25, -0.2) is 0 Å². The molecule has 2 rings (SSSR count). The average Bonchev–Trinajstić information content (AvgIpc) is 2.90. The maximum atomic E-state index is 12.8. The van der Waals surface area contributed by atoms with Gasteiger partial charge in [0.25, 0.3) is 0 Å². The van der Waals surface area contributed by atoms with Crippen molar-refractivity contribution in [3.8, 4) is 0 Å². The second kappa shape index (κ2) is 6.93. The van der Waals surface area contributed by atoms with Gasteiger partial charge in [-0.15, -0.1) is 0 Å². The van der Waals surface area contributed by atoms with E-state index >= 15 is 0 Å². The molecule has 20 heavy (non-hydrogen) atoms. The number of methoxy groups -OCH3 is 1. The van der Waals surface area contributed by atoms with Crippen LogP contribution in [0.25, 0.3) is 0 Å². The minimum absolute atomic E-state index is 0.0162. The van der Waals surface area contributed by atoms with E-state index in [1.54, 1.807) is 7.11 Å². The fraction of sp³-hybridized carbons (Fsp3) is 0.941. The predicted molar refractivity (Wildman–Crippen MR) is 79.5 cm³/mol. The van der Waals surface area contributed by atoms with Crippen molar-refractivity contribution < 1.29 is 14.3 Å². The van der Waals surface area contributed by atoms with Crippen molar-refractivity contribution in [3.05, 3.63) is 0 Å².